The lowest BCUT2D eigenvalue weighted by Gasteiger charge is -2.42. The van der Waals surface area contributed by atoms with Crippen molar-refractivity contribution in [3.63, 3.8) is 0 Å². The van der Waals surface area contributed by atoms with Gasteiger partial charge in [0.2, 0.25) is 5.95 Å². The highest BCUT2D eigenvalue weighted by Crippen LogP contribution is 2.35. The van der Waals surface area contributed by atoms with Crippen molar-refractivity contribution in [3.8, 4) is 11.3 Å². The van der Waals surface area contributed by atoms with Crippen molar-refractivity contribution < 1.29 is 17.6 Å². The molecule has 36 heavy (non-hydrogen) atoms. The largest absolute Gasteiger partial charge is 0.416 e. The van der Waals surface area contributed by atoms with Crippen LogP contribution < -0.4 is 9.80 Å². The molecule has 2 aromatic rings. The van der Waals surface area contributed by atoms with Crippen molar-refractivity contribution in [3.05, 3.63) is 59.7 Å². The number of benzene rings is 1. The van der Waals surface area contributed by atoms with E-state index in [0.29, 0.717) is 31.3 Å². The van der Waals surface area contributed by atoms with E-state index in [1.807, 2.05) is 13.0 Å². The summed E-state index contributed by atoms with van der Waals surface area (Å²) in [6.45, 7) is 4.96. The molecule has 3 aliphatic heterocycles. The fourth-order valence-corrected chi connectivity index (χ4v) is 4.93. The summed E-state index contributed by atoms with van der Waals surface area (Å²) in [4.78, 5) is 19.7. The zero-order valence-electron chi connectivity index (χ0n) is 20.0. The molecule has 2 fully saturated rings. The number of halogens is 4. The highest BCUT2D eigenvalue weighted by Gasteiger charge is 2.39. The molecule has 6 nitrogen and oxygen atoms in total. The molecule has 1 atom stereocenters. The lowest BCUT2D eigenvalue weighted by molar-refractivity contribution is -0.0952. The van der Waals surface area contributed by atoms with E-state index in [4.69, 9.17) is 9.97 Å². The Morgan fingerprint density at radius 2 is 1.69 bits per heavy atom. The fraction of sp³-hybridized carbons (Fsp3) is 0.423. The number of piperazine rings is 1. The van der Waals surface area contributed by atoms with Gasteiger partial charge in [-0.2, -0.15) is 18.2 Å². The second kappa shape index (κ2) is 9.91. The molecule has 0 amide bonds. The first-order chi connectivity index (χ1) is 17.3. The van der Waals surface area contributed by atoms with Crippen molar-refractivity contribution in [1.82, 2.24) is 14.9 Å². The monoisotopic (exact) mass is 500 g/mol. The van der Waals surface area contributed by atoms with Crippen LogP contribution in [0.5, 0.6) is 0 Å². The van der Waals surface area contributed by atoms with Crippen LogP contribution in [0, 0.1) is 5.82 Å². The van der Waals surface area contributed by atoms with E-state index < -0.39 is 11.7 Å². The standard InChI is InChI=1S/C26H28F4N6/c1-18-17-35(24-21(26(28,29)30)6-2-3-11-31-24)14-15-36(18)23-16-22(19-7-9-20(27)10-8-19)32-25(33-23)34-12-4-5-13-34/h2-3,7-11,16,18H,4-6,12-15,17H2,1H3. The third kappa shape index (κ3) is 5.08. The summed E-state index contributed by atoms with van der Waals surface area (Å²) >= 11 is 0. The third-order valence-electron chi connectivity index (χ3n) is 6.80. The second-order valence-corrected chi connectivity index (χ2v) is 9.31. The topological polar surface area (TPSA) is 47.9 Å². The Labute approximate surface area is 207 Å². The molecule has 0 N–H and O–H groups in total. The van der Waals surface area contributed by atoms with Gasteiger partial charge in [-0.3, -0.25) is 0 Å². The van der Waals surface area contributed by atoms with Crippen molar-refractivity contribution in [2.75, 3.05) is 42.5 Å². The number of rotatable bonds is 4. The van der Waals surface area contributed by atoms with Crippen LogP contribution in [0.15, 0.2) is 58.9 Å². The van der Waals surface area contributed by atoms with Crippen molar-refractivity contribution >= 4 is 18.0 Å². The van der Waals surface area contributed by atoms with Gasteiger partial charge in [0.05, 0.1) is 11.3 Å². The zero-order chi connectivity index (χ0) is 25.3. The molecular formula is C26H28F4N6. The maximum absolute atomic E-state index is 13.7. The van der Waals surface area contributed by atoms with E-state index in [9.17, 15) is 17.6 Å². The van der Waals surface area contributed by atoms with Crippen molar-refractivity contribution in [2.45, 2.75) is 38.4 Å². The number of hydrogen-bond donors (Lipinski definition) is 0. The molecule has 3 aliphatic rings. The van der Waals surface area contributed by atoms with Gasteiger partial charge >= 0.3 is 6.18 Å². The van der Waals surface area contributed by atoms with Crippen LogP contribution in [0.2, 0.25) is 0 Å². The number of hydrogen-bond acceptors (Lipinski definition) is 6. The van der Waals surface area contributed by atoms with Crippen LogP contribution in [0.25, 0.3) is 11.3 Å². The molecule has 1 aromatic heterocycles. The van der Waals surface area contributed by atoms with Crippen molar-refractivity contribution in [2.24, 2.45) is 4.99 Å². The van der Waals surface area contributed by atoms with Gasteiger partial charge in [-0.15, -0.1) is 0 Å². The van der Waals surface area contributed by atoms with E-state index in [2.05, 4.69) is 14.8 Å². The normalized spacial score (nSPS) is 20.9. The molecule has 0 saturated carbocycles. The summed E-state index contributed by atoms with van der Waals surface area (Å²) in [6.07, 6.45) is 1.96. The van der Waals surface area contributed by atoms with Crippen LogP contribution in [0.4, 0.5) is 29.3 Å². The van der Waals surface area contributed by atoms with Gasteiger partial charge < -0.3 is 14.7 Å². The summed E-state index contributed by atoms with van der Waals surface area (Å²) in [5.41, 5.74) is 0.857. The zero-order valence-corrected chi connectivity index (χ0v) is 20.0. The van der Waals surface area contributed by atoms with Crippen LogP contribution >= 0.6 is 0 Å². The SMILES string of the molecule is CC1CN(C2=C(C(F)(F)F)CC=CC=N2)CCN1c1cc(-c2ccc(F)cc2)nc(N2CCCC2)n1. The van der Waals surface area contributed by atoms with Crippen molar-refractivity contribution in [1.29, 1.82) is 0 Å². The summed E-state index contributed by atoms with van der Waals surface area (Å²) in [7, 11) is 0. The van der Waals surface area contributed by atoms with Gasteiger partial charge in [-0.25, -0.2) is 14.4 Å². The average molecular weight is 501 g/mol. The van der Waals surface area contributed by atoms with E-state index >= 15 is 0 Å². The Kier molecular flexibility index (Phi) is 6.68. The molecule has 0 bridgehead atoms. The molecule has 1 unspecified atom stereocenters. The van der Waals surface area contributed by atoms with Crippen LogP contribution in [0.1, 0.15) is 26.2 Å². The summed E-state index contributed by atoms with van der Waals surface area (Å²) in [5, 5.41) is 0. The number of allylic oxidation sites excluding steroid dienone is 3. The summed E-state index contributed by atoms with van der Waals surface area (Å²) in [6, 6.07) is 7.96. The maximum Gasteiger partial charge on any atom is 0.416 e. The highest BCUT2D eigenvalue weighted by molar-refractivity contribution is 5.73. The quantitative estimate of drug-likeness (QED) is 0.541. The number of anilines is 2. The fourth-order valence-electron chi connectivity index (χ4n) is 4.93. The molecule has 0 aliphatic carbocycles. The molecule has 1 aromatic carbocycles. The van der Waals surface area contributed by atoms with Crippen LogP contribution in [-0.2, 0) is 0 Å². The smallest absolute Gasteiger partial charge is 0.353 e. The first kappa shape index (κ1) is 24.3. The van der Waals surface area contributed by atoms with Crippen LogP contribution in [-0.4, -0.2) is 66.0 Å². The predicted octanol–water partition coefficient (Wildman–Crippen LogP) is 5.20. The lowest BCUT2D eigenvalue weighted by Crippen LogP contribution is -2.52. The van der Waals surface area contributed by atoms with E-state index in [0.717, 1.165) is 37.3 Å². The lowest BCUT2D eigenvalue weighted by atomic mass is 10.1. The average Bonchev–Trinajstić information content (AvgIpc) is 3.27. The predicted molar refractivity (Wildman–Crippen MR) is 133 cm³/mol. The summed E-state index contributed by atoms with van der Waals surface area (Å²) in [5.74, 6) is 1.02. The second-order valence-electron chi connectivity index (χ2n) is 9.31. The first-order valence-electron chi connectivity index (χ1n) is 12.2. The Morgan fingerprint density at radius 1 is 0.944 bits per heavy atom. The van der Waals surface area contributed by atoms with E-state index in [1.165, 1.54) is 24.4 Å². The summed E-state index contributed by atoms with van der Waals surface area (Å²) < 4.78 is 54.7. The van der Waals surface area contributed by atoms with Gasteiger partial charge in [-0.05, 0) is 56.5 Å². The molecule has 0 spiro atoms. The van der Waals surface area contributed by atoms with Gasteiger partial charge in [-0.1, -0.05) is 6.08 Å². The molecule has 10 heteroatoms. The van der Waals surface area contributed by atoms with E-state index in [1.54, 1.807) is 23.1 Å². The number of nitrogens with zero attached hydrogens (tertiary/aromatic N) is 6. The minimum atomic E-state index is -4.44. The minimum Gasteiger partial charge on any atom is -0.353 e. The molecular weight excluding hydrogens is 472 g/mol. The third-order valence-corrected chi connectivity index (χ3v) is 6.80. The van der Waals surface area contributed by atoms with Crippen LogP contribution in [0.3, 0.4) is 0 Å². The number of alkyl halides is 3. The highest BCUT2D eigenvalue weighted by atomic mass is 19.4. The Morgan fingerprint density at radius 3 is 2.39 bits per heavy atom. The maximum atomic E-state index is 13.7. The number of aromatic nitrogens is 2. The molecule has 190 valence electrons. The number of aliphatic imine (C=N–C) groups is 1. The molecule has 0 radical (unpaired) electrons. The van der Waals surface area contributed by atoms with Gasteiger partial charge in [0.25, 0.3) is 0 Å². The first-order valence-corrected chi connectivity index (χ1v) is 12.2. The van der Waals surface area contributed by atoms with Gasteiger partial charge in [0.1, 0.15) is 17.5 Å². The van der Waals surface area contributed by atoms with Gasteiger partial charge in [0.15, 0.2) is 0 Å². The Bertz CT molecular complexity index is 1180. The van der Waals surface area contributed by atoms with Gasteiger partial charge in [0, 0.05) is 56.6 Å². The van der Waals surface area contributed by atoms with E-state index in [-0.39, 0.29) is 24.1 Å². The Hall–Kier alpha value is -3.43. The molecule has 5 rings (SSSR count). The Balaban J connectivity index is 1.45. The molecule has 4 heterocycles. The molecule has 2 saturated heterocycles. The minimum absolute atomic E-state index is 0.00792.